The summed E-state index contributed by atoms with van der Waals surface area (Å²) in [5.74, 6) is -1.90. The van der Waals surface area contributed by atoms with Crippen LogP contribution < -0.4 is 0 Å². The molecule has 0 bridgehead atoms. The average Bonchev–Trinajstić information content (AvgIpc) is 1.80. The Morgan fingerprint density at radius 2 is 1.78 bits per heavy atom. The van der Waals surface area contributed by atoms with E-state index in [4.69, 9.17) is 5.11 Å². The predicted molar refractivity (Wildman–Crippen MR) is 29.4 cm³/mol. The second kappa shape index (κ2) is 2.01. The molecule has 0 heterocycles. The highest BCUT2D eigenvalue weighted by molar-refractivity contribution is 5.21. The Bertz CT molecular complexity index is 222. The molecule has 0 aliphatic carbocycles. The van der Waals surface area contributed by atoms with Gasteiger partial charge < -0.3 is 5.11 Å². The molecular formula is C6H5F2O+. The van der Waals surface area contributed by atoms with Gasteiger partial charge in [-0.2, -0.15) is 0 Å². The highest BCUT2D eigenvalue weighted by Crippen LogP contribution is 2.12. The van der Waals surface area contributed by atoms with Crippen LogP contribution in [-0.2, 0) is 0 Å². The molecule has 1 rings (SSSR count). The summed E-state index contributed by atoms with van der Waals surface area (Å²) in [6.45, 7) is 0. The predicted octanol–water partition coefficient (Wildman–Crippen LogP) is 1.40. The van der Waals surface area contributed by atoms with Crippen LogP contribution in [0.2, 0.25) is 0 Å². The lowest BCUT2D eigenvalue weighted by atomic mass is 10.3. The molecule has 0 saturated carbocycles. The number of rotatable bonds is 0. The molecule has 0 fully saturated rings. The molecule has 9 heavy (non-hydrogen) atoms. The topological polar surface area (TPSA) is 22.9 Å². The quantitative estimate of drug-likeness (QED) is 0.475. The second-order valence-electron chi connectivity index (χ2n) is 1.63. The first-order valence-electron chi connectivity index (χ1n) is 2.37. The van der Waals surface area contributed by atoms with Crippen LogP contribution in [0.1, 0.15) is 0 Å². The number of hydrogen-bond acceptors (Lipinski definition) is 0. The van der Waals surface area contributed by atoms with Gasteiger partial charge in [-0.3, -0.25) is 0 Å². The minimum atomic E-state index is -0.970. The Labute approximate surface area is 50.6 Å². The minimum absolute atomic E-state index is 0.0195. The van der Waals surface area contributed by atoms with Gasteiger partial charge in [-0.15, -0.1) is 0 Å². The number of benzene rings is 1. The summed E-state index contributed by atoms with van der Waals surface area (Å²) in [5.41, 5.74) is 0. The fourth-order valence-electron chi connectivity index (χ4n) is 0.496. The maximum Gasteiger partial charge on any atom is 0.256 e. The standard InChI is InChI=1S/C6H4F2O/c7-5-2-1-4(9)3-6(5)8/h1-3,9H/p+1. The van der Waals surface area contributed by atoms with Crippen LogP contribution in [0.15, 0.2) is 18.2 Å². The number of hydrogen-bond donors (Lipinski definition) is 0. The SMILES string of the molecule is [OH2+]c1ccc(F)c(F)c1. The van der Waals surface area contributed by atoms with E-state index < -0.39 is 11.6 Å². The normalized spacial score (nSPS) is 9.56. The Morgan fingerprint density at radius 3 is 2.22 bits per heavy atom. The lowest BCUT2D eigenvalue weighted by Crippen LogP contribution is -1.79. The zero-order valence-corrected chi connectivity index (χ0v) is 4.49. The van der Waals surface area contributed by atoms with E-state index in [2.05, 4.69) is 0 Å². The highest BCUT2D eigenvalue weighted by Gasteiger charge is 2.02. The first-order valence-corrected chi connectivity index (χ1v) is 2.37. The van der Waals surface area contributed by atoms with Crippen molar-refractivity contribution in [3.63, 3.8) is 0 Å². The van der Waals surface area contributed by atoms with E-state index in [-0.39, 0.29) is 5.75 Å². The van der Waals surface area contributed by atoms with Crippen molar-refractivity contribution < 1.29 is 13.9 Å². The molecule has 0 aliphatic heterocycles. The maximum atomic E-state index is 12.1. The van der Waals surface area contributed by atoms with Crippen molar-refractivity contribution >= 4 is 0 Å². The van der Waals surface area contributed by atoms with E-state index >= 15 is 0 Å². The van der Waals surface area contributed by atoms with Crippen molar-refractivity contribution in [1.82, 2.24) is 0 Å². The summed E-state index contributed by atoms with van der Waals surface area (Å²) in [6.07, 6.45) is 0. The van der Waals surface area contributed by atoms with Gasteiger partial charge >= 0.3 is 0 Å². The summed E-state index contributed by atoms with van der Waals surface area (Å²) in [7, 11) is 0. The van der Waals surface area contributed by atoms with Gasteiger partial charge in [0.25, 0.3) is 5.75 Å². The van der Waals surface area contributed by atoms with E-state index in [0.717, 1.165) is 12.1 Å². The van der Waals surface area contributed by atoms with Gasteiger partial charge in [-0.1, -0.05) is 0 Å². The Hall–Kier alpha value is -1.12. The van der Waals surface area contributed by atoms with Gasteiger partial charge in [0.15, 0.2) is 11.6 Å². The van der Waals surface area contributed by atoms with E-state index in [9.17, 15) is 8.78 Å². The van der Waals surface area contributed by atoms with Gasteiger partial charge in [0.2, 0.25) is 0 Å². The average molecular weight is 131 g/mol. The van der Waals surface area contributed by atoms with E-state index in [1.54, 1.807) is 0 Å². The van der Waals surface area contributed by atoms with Crippen molar-refractivity contribution in [3.05, 3.63) is 29.8 Å². The van der Waals surface area contributed by atoms with Crippen LogP contribution in [0.25, 0.3) is 0 Å². The molecule has 2 N–H and O–H groups in total. The molecule has 48 valence electrons. The van der Waals surface area contributed by atoms with E-state index in [1.807, 2.05) is 0 Å². The molecule has 3 heteroatoms. The Kier molecular flexibility index (Phi) is 1.34. The molecule has 0 amide bonds. The van der Waals surface area contributed by atoms with Gasteiger partial charge in [-0.25, -0.2) is 8.78 Å². The van der Waals surface area contributed by atoms with Crippen molar-refractivity contribution in [3.8, 4) is 5.75 Å². The van der Waals surface area contributed by atoms with Crippen LogP contribution in [0.5, 0.6) is 5.75 Å². The zero-order valence-electron chi connectivity index (χ0n) is 4.49. The first kappa shape index (κ1) is 6.01. The molecule has 1 nitrogen and oxygen atoms in total. The van der Waals surface area contributed by atoms with Gasteiger partial charge in [-0.05, 0) is 6.07 Å². The lowest BCUT2D eigenvalue weighted by Gasteiger charge is -1.88. The maximum absolute atomic E-state index is 12.1. The molecular weight excluding hydrogens is 126 g/mol. The smallest absolute Gasteiger partial charge is 0.256 e. The third kappa shape index (κ3) is 1.16. The third-order valence-corrected chi connectivity index (χ3v) is 0.920. The van der Waals surface area contributed by atoms with Crippen LogP contribution in [-0.4, -0.2) is 5.11 Å². The molecule has 0 spiro atoms. The second-order valence-corrected chi connectivity index (χ2v) is 1.63. The molecule has 0 aromatic heterocycles. The molecule has 1 aromatic carbocycles. The van der Waals surface area contributed by atoms with Crippen molar-refractivity contribution in [1.29, 1.82) is 0 Å². The Balaban J connectivity index is 3.17. The van der Waals surface area contributed by atoms with Crippen molar-refractivity contribution in [2.24, 2.45) is 0 Å². The molecule has 0 aliphatic rings. The fraction of sp³-hybridized carbons (Fsp3) is 0. The van der Waals surface area contributed by atoms with Gasteiger partial charge in [0.05, 0.1) is 6.07 Å². The molecule has 0 radical (unpaired) electrons. The zero-order chi connectivity index (χ0) is 6.85. The fourth-order valence-corrected chi connectivity index (χ4v) is 0.496. The summed E-state index contributed by atoms with van der Waals surface area (Å²) < 4.78 is 24.1. The first-order chi connectivity index (χ1) is 4.20. The summed E-state index contributed by atoms with van der Waals surface area (Å²) in [5, 5.41) is 6.83. The summed E-state index contributed by atoms with van der Waals surface area (Å²) >= 11 is 0. The molecule has 0 saturated heterocycles. The van der Waals surface area contributed by atoms with Crippen molar-refractivity contribution in [2.45, 2.75) is 0 Å². The minimum Gasteiger partial charge on any atom is -0.593 e. The Morgan fingerprint density at radius 1 is 1.11 bits per heavy atom. The van der Waals surface area contributed by atoms with Crippen LogP contribution in [0, 0.1) is 11.6 Å². The molecule has 1 aromatic rings. The van der Waals surface area contributed by atoms with Crippen LogP contribution in [0.3, 0.4) is 0 Å². The van der Waals surface area contributed by atoms with E-state index in [0.29, 0.717) is 0 Å². The van der Waals surface area contributed by atoms with Crippen LogP contribution in [0.4, 0.5) is 8.78 Å². The monoisotopic (exact) mass is 131 g/mol. The summed E-state index contributed by atoms with van der Waals surface area (Å²) in [6, 6.07) is 2.95. The number of halogens is 2. The van der Waals surface area contributed by atoms with Crippen molar-refractivity contribution in [2.75, 3.05) is 0 Å². The van der Waals surface area contributed by atoms with Crippen LogP contribution >= 0.6 is 0 Å². The molecule has 0 atom stereocenters. The molecule has 0 unspecified atom stereocenters. The third-order valence-electron chi connectivity index (χ3n) is 0.920. The van der Waals surface area contributed by atoms with Gasteiger partial charge in [0, 0.05) is 6.07 Å². The van der Waals surface area contributed by atoms with E-state index in [1.165, 1.54) is 6.07 Å². The lowest BCUT2D eigenvalue weighted by molar-refractivity contribution is 0.455. The largest absolute Gasteiger partial charge is 0.593 e. The van der Waals surface area contributed by atoms with Gasteiger partial charge in [0.1, 0.15) is 0 Å². The highest BCUT2D eigenvalue weighted by atomic mass is 19.2. The summed E-state index contributed by atoms with van der Waals surface area (Å²) in [4.78, 5) is 0.